The molecule has 5 heteroatoms. The van der Waals surface area contributed by atoms with E-state index >= 15 is 0 Å². The van der Waals surface area contributed by atoms with E-state index in [0.717, 1.165) is 4.47 Å². The average molecular weight is 298 g/mol. The number of halogens is 2. The highest BCUT2D eigenvalue weighted by Gasteiger charge is 2.05. The number of nitrogens with zero attached hydrogens (tertiary/aromatic N) is 1. The summed E-state index contributed by atoms with van der Waals surface area (Å²) >= 11 is 3.35. The summed E-state index contributed by atoms with van der Waals surface area (Å²) in [6, 6.07) is 8.07. The number of rotatable bonds is 3. The Morgan fingerprint density at radius 1 is 1.18 bits per heavy atom. The van der Waals surface area contributed by atoms with Gasteiger partial charge in [0.15, 0.2) is 0 Å². The van der Waals surface area contributed by atoms with Crippen molar-refractivity contribution in [3.05, 3.63) is 46.9 Å². The molecule has 0 aliphatic heterocycles. The van der Waals surface area contributed by atoms with Crippen LogP contribution in [0.5, 0.6) is 17.2 Å². The standard InChI is InChI=1S/C12H9BrFNO2/c1-16-8-2-3-11(10(13)6-8)17-9-4-5-15-12(14)7-9/h2-7H,1H3. The molecular weight excluding hydrogens is 289 g/mol. The first-order valence-electron chi connectivity index (χ1n) is 4.82. The predicted molar refractivity (Wildman–Crippen MR) is 65.0 cm³/mol. The smallest absolute Gasteiger partial charge is 0.216 e. The van der Waals surface area contributed by atoms with Crippen LogP contribution in [-0.2, 0) is 0 Å². The molecule has 88 valence electrons. The SMILES string of the molecule is COc1ccc(Oc2ccnc(F)c2)c(Br)c1. The first-order valence-corrected chi connectivity index (χ1v) is 5.61. The fourth-order valence-electron chi connectivity index (χ4n) is 1.27. The number of aromatic nitrogens is 1. The molecule has 0 unspecified atom stereocenters. The van der Waals surface area contributed by atoms with Gasteiger partial charge in [-0.2, -0.15) is 4.39 Å². The number of pyridine rings is 1. The fourth-order valence-corrected chi connectivity index (χ4v) is 1.71. The Bertz CT molecular complexity index is 534. The Morgan fingerprint density at radius 3 is 2.65 bits per heavy atom. The summed E-state index contributed by atoms with van der Waals surface area (Å²) in [5.41, 5.74) is 0. The number of ether oxygens (including phenoxy) is 2. The van der Waals surface area contributed by atoms with E-state index in [-0.39, 0.29) is 0 Å². The Morgan fingerprint density at radius 2 is 2.00 bits per heavy atom. The van der Waals surface area contributed by atoms with Crippen LogP contribution in [0.3, 0.4) is 0 Å². The van der Waals surface area contributed by atoms with Gasteiger partial charge in [-0.1, -0.05) is 0 Å². The van der Waals surface area contributed by atoms with Gasteiger partial charge in [0.05, 0.1) is 11.6 Å². The Kier molecular flexibility index (Phi) is 3.58. The van der Waals surface area contributed by atoms with Gasteiger partial charge < -0.3 is 9.47 Å². The first-order chi connectivity index (χ1) is 8.19. The highest BCUT2D eigenvalue weighted by Crippen LogP contribution is 2.32. The Balaban J connectivity index is 2.24. The highest BCUT2D eigenvalue weighted by molar-refractivity contribution is 9.10. The van der Waals surface area contributed by atoms with Crippen molar-refractivity contribution < 1.29 is 13.9 Å². The van der Waals surface area contributed by atoms with Crippen molar-refractivity contribution in [3.8, 4) is 17.2 Å². The molecule has 0 bridgehead atoms. The van der Waals surface area contributed by atoms with Crippen molar-refractivity contribution >= 4 is 15.9 Å². The molecule has 0 amide bonds. The van der Waals surface area contributed by atoms with Gasteiger partial charge in [0, 0.05) is 12.3 Å². The van der Waals surface area contributed by atoms with Crippen LogP contribution in [0.1, 0.15) is 0 Å². The third kappa shape index (κ3) is 2.94. The summed E-state index contributed by atoms with van der Waals surface area (Å²) in [7, 11) is 1.58. The van der Waals surface area contributed by atoms with Crippen LogP contribution in [0.25, 0.3) is 0 Å². The molecule has 1 heterocycles. The van der Waals surface area contributed by atoms with Crippen molar-refractivity contribution in [1.29, 1.82) is 0 Å². The molecule has 17 heavy (non-hydrogen) atoms. The first kappa shape index (κ1) is 11.9. The molecular formula is C12H9BrFNO2. The van der Waals surface area contributed by atoms with Crippen LogP contribution < -0.4 is 9.47 Å². The van der Waals surface area contributed by atoms with Gasteiger partial charge in [0.2, 0.25) is 5.95 Å². The van der Waals surface area contributed by atoms with Crippen LogP contribution in [0.4, 0.5) is 4.39 Å². The van der Waals surface area contributed by atoms with Crippen molar-refractivity contribution in [2.45, 2.75) is 0 Å². The van der Waals surface area contributed by atoms with E-state index in [1.807, 2.05) is 0 Å². The number of benzene rings is 1. The largest absolute Gasteiger partial charge is 0.497 e. The molecule has 1 aromatic heterocycles. The maximum Gasteiger partial charge on any atom is 0.216 e. The maximum atomic E-state index is 12.9. The maximum absolute atomic E-state index is 12.9. The van der Waals surface area contributed by atoms with Crippen LogP contribution in [-0.4, -0.2) is 12.1 Å². The third-order valence-corrected chi connectivity index (χ3v) is 2.68. The molecule has 0 atom stereocenters. The summed E-state index contributed by atoms with van der Waals surface area (Å²) < 4.78 is 24.2. The van der Waals surface area contributed by atoms with Gasteiger partial charge in [-0.25, -0.2) is 4.98 Å². The van der Waals surface area contributed by atoms with Gasteiger partial charge in [0.25, 0.3) is 0 Å². The van der Waals surface area contributed by atoms with Gasteiger partial charge in [-0.05, 0) is 40.2 Å². The molecule has 0 saturated carbocycles. The lowest BCUT2D eigenvalue weighted by Gasteiger charge is -2.08. The summed E-state index contributed by atoms with van der Waals surface area (Å²) in [4.78, 5) is 3.45. The van der Waals surface area contributed by atoms with E-state index in [2.05, 4.69) is 20.9 Å². The molecule has 2 rings (SSSR count). The minimum atomic E-state index is -0.577. The molecule has 2 aromatic rings. The normalized spacial score (nSPS) is 10.1. The number of methoxy groups -OCH3 is 1. The molecule has 0 N–H and O–H groups in total. The average Bonchev–Trinajstić information content (AvgIpc) is 2.32. The van der Waals surface area contributed by atoms with E-state index in [0.29, 0.717) is 17.2 Å². The van der Waals surface area contributed by atoms with Crippen LogP contribution in [0.2, 0.25) is 0 Å². The zero-order chi connectivity index (χ0) is 12.3. The summed E-state index contributed by atoms with van der Waals surface area (Å²) in [5.74, 6) is 1.11. The zero-order valence-electron chi connectivity index (χ0n) is 8.98. The molecule has 0 aliphatic rings. The predicted octanol–water partition coefficient (Wildman–Crippen LogP) is 3.78. The molecule has 3 nitrogen and oxygen atoms in total. The van der Waals surface area contributed by atoms with Crippen molar-refractivity contribution in [2.75, 3.05) is 7.11 Å². The lowest BCUT2D eigenvalue weighted by atomic mass is 10.3. The Labute approximate surface area is 106 Å². The monoisotopic (exact) mass is 297 g/mol. The number of hydrogen-bond donors (Lipinski definition) is 0. The van der Waals surface area contributed by atoms with Gasteiger partial charge in [-0.15, -0.1) is 0 Å². The summed E-state index contributed by atoms with van der Waals surface area (Å²) in [6.07, 6.45) is 1.35. The second-order valence-corrected chi connectivity index (χ2v) is 4.07. The molecule has 0 saturated heterocycles. The van der Waals surface area contributed by atoms with E-state index in [4.69, 9.17) is 9.47 Å². The topological polar surface area (TPSA) is 31.4 Å². The zero-order valence-corrected chi connectivity index (χ0v) is 10.6. The van der Waals surface area contributed by atoms with Crippen molar-refractivity contribution in [1.82, 2.24) is 4.98 Å². The second-order valence-electron chi connectivity index (χ2n) is 3.21. The van der Waals surface area contributed by atoms with Crippen molar-refractivity contribution in [3.63, 3.8) is 0 Å². The Hall–Kier alpha value is -1.62. The second kappa shape index (κ2) is 5.14. The highest BCUT2D eigenvalue weighted by atomic mass is 79.9. The lowest BCUT2D eigenvalue weighted by molar-refractivity contribution is 0.412. The molecule has 0 spiro atoms. The summed E-state index contributed by atoms with van der Waals surface area (Å²) in [6.45, 7) is 0. The van der Waals surface area contributed by atoms with Gasteiger partial charge in [-0.3, -0.25) is 0 Å². The van der Waals surface area contributed by atoms with Crippen LogP contribution >= 0.6 is 15.9 Å². The third-order valence-electron chi connectivity index (χ3n) is 2.06. The lowest BCUT2D eigenvalue weighted by Crippen LogP contribution is -1.89. The van der Waals surface area contributed by atoms with E-state index in [9.17, 15) is 4.39 Å². The minimum absolute atomic E-state index is 0.392. The summed E-state index contributed by atoms with van der Waals surface area (Å²) in [5, 5.41) is 0. The van der Waals surface area contributed by atoms with Crippen LogP contribution in [0.15, 0.2) is 41.0 Å². The molecule has 0 radical (unpaired) electrons. The molecule has 0 fully saturated rings. The van der Waals surface area contributed by atoms with Crippen molar-refractivity contribution in [2.24, 2.45) is 0 Å². The molecule has 1 aromatic carbocycles. The van der Waals surface area contributed by atoms with E-state index < -0.39 is 5.95 Å². The van der Waals surface area contributed by atoms with E-state index in [1.54, 1.807) is 31.4 Å². The number of hydrogen-bond acceptors (Lipinski definition) is 3. The van der Waals surface area contributed by atoms with Crippen LogP contribution in [0, 0.1) is 5.95 Å². The van der Waals surface area contributed by atoms with Gasteiger partial charge >= 0.3 is 0 Å². The fraction of sp³-hybridized carbons (Fsp3) is 0.0833. The van der Waals surface area contributed by atoms with E-state index in [1.165, 1.54) is 12.3 Å². The quantitative estimate of drug-likeness (QED) is 0.808. The van der Waals surface area contributed by atoms with Gasteiger partial charge in [0.1, 0.15) is 17.2 Å². The molecule has 0 aliphatic carbocycles. The minimum Gasteiger partial charge on any atom is -0.497 e.